The molecule has 0 saturated heterocycles. The van der Waals surface area contributed by atoms with Gasteiger partial charge in [0.05, 0.1) is 19.5 Å². The normalized spacial score (nSPS) is 20.4. The zero-order valence-corrected chi connectivity index (χ0v) is 18.0. The molecule has 1 aliphatic carbocycles. The zero-order valence-electron chi connectivity index (χ0n) is 18.0. The highest BCUT2D eigenvalue weighted by Crippen LogP contribution is 2.38. The molecule has 0 bridgehead atoms. The van der Waals surface area contributed by atoms with Crippen LogP contribution in [0.3, 0.4) is 0 Å². The lowest BCUT2D eigenvalue weighted by atomic mass is 9.94. The molecule has 2 aromatic rings. The van der Waals surface area contributed by atoms with Crippen LogP contribution in [0.15, 0.2) is 30.6 Å². The molecule has 1 fully saturated rings. The van der Waals surface area contributed by atoms with Crippen molar-refractivity contribution < 1.29 is 19.1 Å². The molecule has 2 heterocycles. The highest BCUT2D eigenvalue weighted by atomic mass is 16.5. The number of nitrogens with one attached hydrogen (secondary N) is 2. The minimum atomic E-state index is -1.07. The van der Waals surface area contributed by atoms with Crippen molar-refractivity contribution in [3.63, 3.8) is 0 Å². The van der Waals surface area contributed by atoms with Crippen LogP contribution in [0.4, 0.5) is 5.69 Å². The van der Waals surface area contributed by atoms with Crippen molar-refractivity contribution in [3.05, 3.63) is 47.5 Å². The van der Waals surface area contributed by atoms with Gasteiger partial charge in [0.1, 0.15) is 11.2 Å². The minimum Gasteiger partial charge on any atom is -0.383 e. The van der Waals surface area contributed by atoms with E-state index < -0.39 is 11.4 Å². The molecule has 1 unspecified atom stereocenters. The number of carbonyl (C=O) groups excluding carboxylic acids is 3. The molecule has 31 heavy (non-hydrogen) atoms. The van der Waals surface area contributed by atoms with Crippen LogP contribution in [0.5, 0.6) is 0 Å². The first-order valence-corrected chi connectivity index (χ1v) is 10.4. The third-order valence-electron chi connectivity index (χ3n) is 5.87. The topological polar surface area (TPSA) is 106 Å². The van der Waals surface area contributed by atoms with Gasteiger partial charge < -0.3 is 24.8 Å². The molecule has 1 aromatic heterocycles. The smallest absolute Gasteiger partial charge is 0.276 e. The SMILES string of the molecule is COCCNC(=O)C1(C)Cn2cnc(C(=O)Nc3ccccc3C)c2C(=O)N1C1CC1. The maximum atomic E-state index is 13.5. The van der Waals surface area contributed by atoms with Gasteiger partial charge in [-0.2, -0.15) is 0 Å². The quantitative estimate of drug-likeness (QED) is 0.656. The van der Waals surface area contributed by atoms with Crippen LogP contribution < -0.4 is 10.6 Å². The standard InChI is InChI=1S/C22H27N5O4/c1-14-6-4-5-7-16(14)25-19(28)17-18-20(29)27(15-8-9-15)22(2,12-26(18)13-24-17)21(30)23-10-11-31-3/h4-7,13,15H,8-12H2,1-3H3,(H,23,30)(H,25,28). The number of benzene rings is 1. The molecule has 3 amide bonds. The summed E-state index contributed by atoms with van der Waals surface area (Å²) in [7, 11) is 1.57. The molecule has 0 radical (unpaired) electrons. The Morgan fingerprint density at radius 1 is 1.29 bits per heavy atom. The number of rotatable bonds is 7. The van der Waals surface area contributed by atoms with Gasteiger partial charge in [0, 0.05) is 25.4 Å². The van der Waals surface area contributed by atoms with Gasteiger partial charge in [-0.15, -0.1) is 0 Å². The van der Waals surface area contributed by atoms with E-state index in [-0.39, 0.29) is 35.8 Å². The van der Waals surface area contributed by atoms with Gasteiger partial charge >= 0.3 is 0 Å². The maximum Gasteiger partial charge on any atom is 0.276 e. The van der Waals surface area contributed by atoms with Gasteiger partial charge in [-0.05, 0) is 38.3 Å². The summed E-state index contributed by atoms with van der Waals surface area (Å²) in [5.41, 5.74) is 0.804. The first kappa shape index (κ1) is 21.0. The van der Waals surface area contributed by atoms with Gasteiger partial charge in [-0.3, -0.25) is 14.4 Å². The van der Waals surface area contributed by atoms with Crippen LogP contribution in [0.1, 0.15) is 46.3 Å². The number of carbonyl (C=O) groups is 3. The van der Waals surface area contributed by atoms with Gasteiger partial charge in [0.15, 0.2) is 5.69 Å². The number of para-hydroxylation sites is 1. The van der Waals surface area contributed by atoms with E-state index >= 15 is 0 Å². The monoisotopic (exact) mass is 425 g/mol. The summed E-state index contributed by atoms with van der Waals surface area (Å²) in [5.74, 6) is -1.03. The summed E-state index contributed by atoms with van der Waals surface area (Å²) >= 11 is 0. The molecule has 2 N–H and O–H groups in total. The molecule has 2 aliphatic rings. The third-order valence-corrected chi connectivity index (χ3v) is 5.87. The van der Waals surface area contributed by atoms with Crippen LogP contribution in [0.2, 0.25) is 0 Å². The van der Waals surface area contributed by atoms with Crippen molar-refractivity contribution in [1.29, 1.82) is 0 Å². The molecular formula is C22H27N5O4. The fourth-order valence-electron chi connectivity index (χ4n) is 4.07. The number of hydrogen-bond donors (Lipinski definition) is 2. The number of aromatic nitrogens is 2. The zero-order chi connectivity index (χ0) is 22.2. The van der Waals surface area contributed by atoms with Gasteiger partial charge in [0.25, 0.3) is 11.8 Å². The molecule has 164 valence electrons. The van der Waals surface area contributed by atoms with Crippen LogP contribution in [0.25, 0.3) is 0 Å². The van der Waals surface area contributed by atoms with Gasteiger partial charge in [-0.1, -0.05) is 18.2 Å². The van der Waals surface area contributed by atoms with Crippen LogP contribution in [-0.4, -0.2) is 64.0 Å². The Morgan fingerprint density at radius 2 is 2.03 bits per heavy atom. The minimum absolute atomic E-state index is 0.0124. The number of ether oxygens (including phenoxy) is 1. The average Bonchev–Trinajstić information content (AvgIpc) is 3.47. The third kappa shape index (κ3) is 3.81. The molecule has 1 atom stereocenters. The van der Waals surface area contributed by atoms with Crippen molar-refractivity contribution in [2.24, 2.45) is 0 Å². The predicted octanol–water partition coefficient (Wildman–Crippen LogP) is 1.58. The second-order valence-corrected chi connectivity index (χ2v) is 8.27. The van der Waals surface area contributed by atoms with E-state index in [1.54, 1.807) is 29.6 Å². The fraction of sp³-hybridized carbons (Fsp3) is 0.455. The number of aryl methyl sites for hydroxylation is 1. The van der Waals surface area contributed by atoms with E-state index in [1.165, 1.54) is 6.33 Å². The number of hydrogen-bond acceptors (Lipinski definition) is 5. The first-order valence-electron chi connectivity index (χ1n) is 10.4. The predicted molar refractivity (Wildman–Crippen MR) is 114 cm³/mol. The average molecular weight is 425 g/mol. The summed E-state index contributed by atoms with van der Waals surface area (Å²) in [4.78, 5) is 45.4. The molecule has 1 aliphatic heterocycles. The Balaban J connectivity index is 1.64. The molecule has 1 saturated carbocycles. The highest BCUT2D eigenvalue weighted by Gasteiger charge is 2.53. The van der Waals surface area contributed by atoms with E-state index in [1.807, 2.05) is 25.1 Å². The summed E-state index contributed by atoms with van der Waals surface area (Å²) in [6.45, 7) is 4.64. The lowest BCUT2D eigenvalue weighted by molar-refractivity contribution is -0.133. The Hall–Kier alpha value is -3.20. The van der Waals surface area contributed by atoms with E-state index in [9.17, 15) is 14.4 Å². The summed E-state index contributed by atoms with van der Waals surface area (Å²) in [6.07, 6.45) is 3.14. The van der Waals surface area contributed by atoms with Crippen molar-refractivity contribution in [2.75, 3.05) is 25.6 Å². The summed E-state index contributed by atoms with van der Waals surface area (Å²) in [5, 5.41) is 5.70. The van der Waals surface area contributed by atoms with E-state index in [0.29, 0.717) is 18.8 Å². The van der Waals surface area contributed by atoms with Crippen molar-refractivity contribution >= 4 is 23.4 Å². The molecule has 4 rings (SSSR count). The fourth-order valence-corrected chi connectivity index (χ4v) is 4.07. The number of fused-ring (bicyclic) bond motifs is 1. The van der Waals surface area contributed by atoms with E-state index in [0.717, 1.165) is 18.4 Å². The van der Waals surface area contributed by atoms with E-state index in [2.05, 4.69) is 15.6 Å². The van der Waals surface area contributed by atoms with E-state index in [4.69, 9.17) is 4.74 Å². The second kappa shape index (κ2) is 8.14. The van der Waals surface area contributed by atoms with Crippen LogP contribution in [0, 0.1) is 6.92 Å². The number of anilines is 1. The number of methoxy groups -OCH3 is 1. The molecule has 9 heteroatoms. The first-order chi connectivity index (χ1) is 14.9. The molecule has 9 nitrogen and oxygen atoms in total. The van der Waals surface area contributed by atoms with Crippen LogP contribution in [-0.2, 0) is 16.1 Å². The Labute approximate surface area is 180 Å². The lowest BCUT2D eigenvalue weighted by Gasteiger charge is -2.44. The van der Waals surface area contributed by atoms with Crippen molar-refractivity contribution in [2.45, 2.75) is 44.8 Å². The van der Waals surface area contributed by atoms with Crippen LogP contribution >= 0.6 is 0 Å². The lowest BCUT2D eigenvalue weighted by Crippen LogP contribution is -2.65. The number of amides is 3. The van der Waals surface area contributed by atoms with Gasteiger partial charge in [-0.25, -0.2) is 4.98 Å². The summed E-state index contributed by atoms with van der Waals surface area (Å²) < 4.78 is 6.62. The van der Waals surface area contributed by atoms with Crippen molar-refractivity contribution in [1.82, 2.24) is 19.8 Å². The Morgan fingerprint density at radius 3 is 2.71 bits per heavy atom. The Bertz CT molecular complexity index is 1030. The summed E-state index contributed by atoms with van der Waals surface area (Å²) in [6, 6.07) is 7.40. The highest BCUT2D eigenvalue weighted by molar-refractivity contribution is 6.12. The molecule has 1 aromatic carbocycles. The molecular weight excluding hydrogens is 398 g/mol. The largest absolute Gasteiger partial charge is 0.383 e. The second-order valence-electron chi connectivity index (χ2n) is 8.27. The number of imidazole rings is 1. The molecule has 0 spiro atoms. The van der Waals surface area contributed by atoms with Gasteiger partial charge in [0.2, 0.25) is 5.91 Å². The van der Waals surface area contributed by atoms with Crippen molar-refractivity contribution in [3.8, 4) is 0 Å². The maximum absolute atomic E-state index is 13.5. The number of nitrogens with zero attached hydrogens (tertiary/aromatic N) is 3. The Kier molecular flexibility index (Phi) is 5.53.